The van der Waals surface area contributed by atoms with Crippen LogP contribution < -0.4 is 43.8 Å². The fourth-order valence-electron chi connectivity index (χ4n) is 4.99. The molecule has 0 saturated heterocycles. The fourth-order valence-corrected chi connectivity index (χ4v) is 12.4. The van der Waals surface area contributed by atoms with E-state index in [2.05, 4.69) is 26.6 Å². The monoisotopic (exact) mass is 779 g/mol. The Morgan fingerprint density at radius 3 is 1.35 bits per heavy atom. The average Bonchev–Trinajstić information content (AvgIpc) is 3.03. The molecule has 15 nitrogen and oxygen atoms in total. The Kier molecular flexibility index (Phi) is 30.8. The number of amides is 5. The molecule has 0 saturated carbocycles. The second-order valence-electron chi connectivity index (χ2n) is 15.3. The number of alkyl carbamates (subject to hydrolysis) is 2. The van der Waals surface area contributed by atoms with Gasteiger partial charge in [0.25, 0.3) is 0 Å². The lowest BCUT2D eigenvalue weighted by atomic mass is 10.1. The molecule has 0 radical (unpaired) electrons. The lowest BCUT2D eigenvalue weighted by molar-refractivity contribution is -0.119. The highest BCUT2D eigenvalue weighted by Gasteiger charge is 2.35. The van der Waals surface area contributed by atoms with Gasteiger partial charge in [-0.15, -0.1) is 0 Å². The molecule has 0 rings (SSSR count). The average molecular weight is 779 g/mol. The van der Waals surface area contributed by atoms with E-state index < -0.39 is 28.8 Å². The first-order valence-electron chi connectivity index (χ1n) is 19.3. The summed E-state index contributed by atoms with van der Waals surface area (Å²) >= 11 is 0. The molecule has 0 aliphatic heterocycles. The zero-order valence-electron chi connectivity index (χ0n) is 34.1. The molecular weight excluding hydrogens is 701 g/mol. The first-order chi connectivity index (χ1) is 24.3. The van der Waals surface area contributed by atoms with Gasteiger partial charge < -0.3 is 57.4 Å². The van der Waals surface area contributed by atoms with Crippen LogP contribution in [0.1, 0.15) is 112 Å². The van der Waals surface area contributed by atoms with Gasteiger partial charge in [-0.1, -0.05) is 25.7 Å². The largest absolute Gasteiger partial charge is 0.451 e. The minimum Gasteiger partial charge on any atom is -0.451 e. The van der Waals surface area contributed by atoms with E-state index in [9.17, 15) is 19.2 Å². The molecule has 0 fully saturated rings. The Morgan fingerprint density at radius 1 is 0.577 bits per heavy atom. The van der Waals surface area contributed by atoms with Gasteiger partial charge in [-0.2, -0.15) is 0 Å². The highest BCUT2D eigenvalue weighted by Crippen LogP contribution is 2.15. The van der Waals surface area contributed by atoms with E-state index in [0.717, 1.165) is 77.0 Å². The summed E-state index contributed by atoms with van der Waals surface area (Å²) in [4.78, 5) is 46.6. The Labute approximate surface area is 317 Å². The number of hydrogen-bond acceptors (Lipinski definition) is 10. The highest BCUT2D eigenvalue weighted by atomic mass is 28.4. The third-order valence-corrected chi connectivity index (χ3v) is 13.7. The fraction of sp³-hybridized carbons (Fsp3) is 0.886. The summed E-state index contributed by atoms with van der Waals surface area (Å²) in [5.41, 5.74) is 16.8. The van der Waals surface area contributed by atoms with Crippen molar-refractivity contribution in [2.45, 2.75) is 162 Å². The number of hydrogen-bond donors (Lipinski definition) is 8. The molecule has 4 unspecified atom stereocenters. The lowest BCUT2D eigenvalue weighted by Crippen LogP contribution is -2.51. The van der Waals surface area contributed by atoms with Crippen LogP contribution in [0.5, 0.6) is 0 Å². The Hall–Kier alpha value is -2.45. The van der Waals surface area contributed by atoms with E-state index >= 15 is 0 Å². The van der Waals surface area contributed by atoms with Crippen LogP contribution in [-0.4, -0.2) is 104 Å². The third kappa shape index (κ3) is 37.3. The van der Waals surface area contributed by atoms with E-state index in [4.69, 9.17) is 30.8 Å². The first kappa shape index (κ1) is 51.7. The Bertz CT molecular complexity index is 962. The van der Waals surface area contributed by atoms with Crippen molar-refractivity contribution >= 4 is 40.8 Å². The van der Waals surface area contributed by atoms with Crippen LogP contribution in [-0.2, 0) is 18.4 Å². The molecule has 0 spiro atoms. The van der Waals surface area contributed by atoms with Gasteiger partial charge in [-0.05, 0) is 112 Å². The van der Waals surface area contributed by atoms with Crippen molar-refractivity contribution in [2.75, 3.05) is 38.6 Å². The maximum Gasteiger partial charge on any atom is 0.406 e. The van der Waals surface area contributed by atoms with E-state index in [0.29, 0.717) is 26.2 Å². The van der Waals surface area contributed by atoms with E-state index in [1.54, 1.807) is 0 Å². The van der Waals surface area contributed by atoms with Gasteiger partial charge in [0.15, 0.2) is 0 Å². The number of carbonyl (C=O) groups is 4. The molecular formula is C35H78N8O7Si2. The predicted octanol–water partition coefficient (Wildman–Crippen LogP) is 4.48. The number of urea groups is 1. The zero-order valence-corrected chi connectivity index (χ0v) is 36.1. The molecule has 0 aromatic carbocycles. The SMILES string of the molecule is CC(=O)NC(C)CCC(C)N.CC(N)CCC(C)NC(=O)NCCCCCCNC(=O)OC[Si](C)(C)O[Si](C)(C)COC(=O)NCCCCCCN. The number of ether oxygens (including phenoxy) is 2. The number of carbonyl (C=O) groups excluding carboxylic acids is 4. The van der Waals surface area contributed by atoms with Crippen LogP contribution in [0.4, 0.5) is 14.4 Å². The van der Waals surface area contributed by atoms with Crippen LogP contribution >= 0.6 is 0 Å². The molecule has 0 aliphatic carbocycles. The van der Waals surface area contributed by atoms with Gasteiger partial charge in [0.2, 0.25) is 22.5 Å². The summed E-state index contributed by atoms with van der Waals surface area (Å²) in [6.07, 6.45) is 10.9. The standard InChI is InChI=1S/C27H60N6O6Si2.C8H18N2O/c1-23(29)15-16-24(2)33-25(34)30-18-12-9-10-14-20-32-27(36)38-22-41(5,6)39-40(3,4)21-37-26(35)31-19-13-8-7-11-17-28;1-6(9)4-5-7(2)10-8(3)11/h23-24H,7-22,28-29H2,1-6H3,(H,31,35)(H,32,36)(H2,30,33,34);6-7H,4-5,9H2,1-3H3,(H,10,11). The molecule has 52 heavy (non-hydrogen) atoms. The summed E-state index contributed by atoms with van der Waals surface area (Å²) in [5, 5.41) is 14.2. The number of nitrogens with one attached hydrogen (secondary N) is 5. The minimum atomic E-state index is -2.31. The minimum absolute atomic E-state index is 0.0298. The van der Waals surface area contributed by atoms with Gasteiger partial charge in [-0.3, -0.25) is 4.79 Å². The molecule has 4 atom stereocenters. The maximum atomic E-state index is 12.1. The Morgan fingerprint density at radius 2 is 0.962 bits per heavy atom. The maximum absolute atomic E-state index is 12.1. The topological polar surface area (TPSA) is 234 Å². The molecule has 308 valence electrons. The number of rotatable bonds is 27. The van der Waals surface area contributed by atoms with Crippen LogP contribution in [0.25, 0.3) is 0 Å². The van der Waals surface area contributed by atoms with E-state index in [1.807, 2.05) is 53.9 Å². The molecule has 0 aliphatic rings. The van der Waals surface area contributed by atoms with Crippen LogP contribution in [0, 0.1) is 0 Å². The van der Waals surface area contributed by atoms with Gasteiger partial charge in [0, 0.05) is 50.7 Å². The van der Waals surface area contributed by atoms with Gasteiger partial charge >= 0.3 is 18.2 Å². The van der Waals surface area contributed by atoms with Crippen LogP contribution in [0.3, 0.4) is 0 Å². The van der Waals surface area contributed by atoms with Crippen molar-refractivity contribution in [1.82, 2.24) is 26.6 Å². The summed E-state index contributed by atoms with van der Waals surface area (Å²) < 4.78 is 17.2. The van der Waals surface area contributed by atoms with Gasteiger partial charge in [-0.25, -0.2) is 14.4 Å². The lowest BCUT2D eigenvalue weighted by Gasteiger charge is -2.32. The third-order valence-electron chi connectivity index (χ3n) is 7.65. The summed E-state index contributed by atoms with van der Waals surface area (Å²) in [6, 6.07) is 0.565. The molecule has 0 aromatic heterocycles. The molecule has 5 amide bonds. The van der Waals surface area contributed by atoms with Crippen LogP contribution in [0.15, 0.2) is 0 Å². The smallest absolute Gasteiger partial charge is 0.406 e. The normalized spacial score (nSPS) is 13.7. The quantitative estimate of drug-likeness (QED) is 0.0430. The van der Waals surface area contributed by atoms with Gasteiger partial charge in [0.1, 0.15) is 12.5 Å². The highest BCUT2D eigenvalue weighted by molar-refractivity contribution is 6.84. The van der Waals surface area contributed by atoms with Gasteiger partial charge in [0.05, 0.1) is 0 Å². The Balaban J connectivity index is 0. The second-order valence-corrected chi connectivity index (χ2v) is 23.7. The van der Waals surface area contributed by atoms with Crippen molar-refractivity contribution in [3.63, 3.8) is 0 Å². The summed E-state index contributed by atoms with van der Waals surface area (Å²) in [7, 11) is -4.60. The molecule has 11 N–H and O–H groups in total. The zero-order chi connectivity index (χ0) is 40.0. The number of unbranched alkanes of at least 4 members (excludes halogenated alkanes) is 6. The van der Waals surface area contributed by atoms with Crippen molar-refractivity contribution in [1.29, 1.82) is 0 Å². The van der Waals surface area contributed by atoms with Crippen molar-refractivity contribution in [2.24, 2.45) is 17.2 Å². The molecule has 17 heteroatoms. The predicted molar refractivity (Wildman–Crippen MR) is 216 cm³/mol. The van der Waals surface area contributed by atoms with Crippen molar-refractivity contribution < 1.29 is 32.8 Å². The number of nitrogens with two attached hydrogens (primary N) is 3. The van der Waals surface area contributed by atoms with Crippen molar-refractivity contribution in [3.05, 3.63) is 0 Å². The molecule has 0 aromatic rings. The summed E-state index contributed by atoms with van der Waals surface area (Å²) in [5.74, 6) is 0.0298. The van der Waals surface area contributed by atoms with E-state index in [-0.39, 0.29) is 48.6 Å². The second kappa shape index (κ2) is 31.0. The molecule has 0 heterocycles. The van der Waals surface area contributed by atoms with Crippen LogP contribution in [0.2, 0.25) is 26.2 Å². The summed E-state index contributed by atoms with van der Waals surface area (Å²) in [6.45, 7) is 19.8. The molecule has 0 bridgehead atoms. The van der Waals surface area contributed by atoms with Crippen molar-refractivity contribution in [3.8, 4) is 0 Å². The van der Waals surface area contributed by atoms with E-state index in [1.165, 1.54) is 6.92 Å². The first-order valence-corrected chi connectivity index (χ1v) is 25.6.